The van der Waals surface area contributed by atoms with Crippen molar-refractivity contribution in [3.8, 4) is 0 Å². The standard InChI is InChI=1S/C11H20O2/c1-4-5-6-7-10(2)8-9-11(12)13-3/h8H,4-7,9H2,1-3H3/b10-8+. The van der Waals surface area contributed by atoms with Gasteiger partial charge in [0.1, 0.15) is 0 Å². The van der Waals surface area contributed by atoms with Crippen molar-refractivity contribution in [2.45, 2.75) is 46.0 Å². The maximum atomic E-state index is 10.8. The Morgan fingerprint density at radius 3 is 2.62 bits per heavy atom. The summed E-state index contributed by atoms with van der Waals surface area (Å²) in [4.78, 5) is 10.8. The van der Waals surface area contributed by atoms with Gasteiger partial charge in [0.2, 0.25) is 0 Å². The molecule has 0 amide bonds. The lowest BCUT2D eigenvalue weighted by atomic mass is 10.1. The van der Waals surface area contributed by atoms with E-state index in [4.69, 9.17) is 0 Å². The molecule has 0 aliphatic carbocycles. The first-order chi connectivity index (χ1) is 6.20. The van der Waals surface area contributed by atoms with E-state index in [9.17, 15) is 4.79 Å². The van der Waals surface area contributed by atoms with Gasteiger partial charge in [-0.1, -0.05) is 31.4 Å². The first kappa shape index (κ1) is 12.2. The van der Waals surface area contributed by atoms with Crippen molar-refractivity contribution >= 4 is 5.97 Å². The van der Waals surface area contributed by atoms with Crippen molar-refractivity contribution in [3.05, 3.63) is 11.6 Å². The molecule has 0 aromatic rings. The summed E-state index contributed by atoms with van der Waals surface area (Å²) in [5, 5.41) is 0. The predicted molar refractivity (Wildman–Crippen MR) is 54.5 cm³/mol. The zero-order valence-electron chi connectivity index (χ0n) is 8.93. The zero-order chi connectivity index (χ0) is 10.1. The third-order valence-electron chi connectivity index (χ3n) is 2.02. The Kier molecular flexibility index (Phi) is 7.36. The van der Waals surface area contributed by atoms with Crippen molar-refractivity contribution < 1.29 is 9.53 Å². The number of rotatable bonds is 6. The average molecular weight is 184 g/mol. The summed E-state index contributed by atoms with van der Waals surface area (Å²) in [6.45, 7) is 4.26. The van der Waals surface area contributed by atoms with E-state index in [2.05, 4.69) is 18.6 Å². The fraction of sp³-hybridized carbons (Fsp3) is 0.727. The van der Waals surface area contributed by atoms with Crippen molar-refractivity contribution in [1.29, 1.82) is 0 Å². The molecule has 0 rings (SSSR count). The summed E-state index contributed by atoms with van der Waals surface area (Å²) in [7, 11) is 1.42. The van der Waals surface area contributed by atoms with E-state index in [1.807, 2.05) is 6.08 Å². The van der Waals surface area contributed by atoms with Crippen LogP contribution in [0.3, 0.4) is 0 Å². The number of carbonyl (C=O) groups is 1. The van der Waals surface area contributed by atoms with Gasteiger partial charge < -0.3 is 4.74 Å². The van der Waals surface area contributed by atoms with Gasteiger partial charge in [0.05, 0.1) is 13.5 Å². The van der Waals surface area contributed by atoms with Crippen LogP contribution in [0.4, 0.5) is 0 Å². The summed E-state index contributed by atoms with van der Waals surface area (Å²) in [5.74, 6) is -0.158. The number of methoxy groups -OCH3 is 1. The molecule has 0 aliphatic heterocycles. The van der Waals surface area contributed by atoms with Gasteiger partial charge in [-0.05, 0) is 19.8 Å². The molecule has 0 heterocycles. The Bertz CT molecular complexity index is 171. The van der Waals surface area contributed by atoms with E-state index in [-0.39, 0.29) is 5.97 Å². The molecule has 0 aliphatic rings. The van der Waals surface area contributed by atoms with E-state index in [1.165, 1.54) is 31.9 Å². The van der Waals surface area contributed by atoms with Gasteiger partial charge in [-0.15, -0.1) is 0 Å². The number of allylic oxidation sites excluding steroid dienone is 1. The van der Waals surface area contributed by atoms with E-state index < -0.39 is 0 Å². The summed E-state index contributed by atoms with van der Waals surface area (Å²) in [6, 6.07) is 0. The van der Waals surface area contributed by atoms with Crippen molar-refractivity contribution in [1.82, 2.24) is 0 Å². The van der Waals surface area contributed by atoms with Crippen LogP contribution in [-0.2, 0) is 9.53 Å². The molecule has 2 nitrogen and oxygen atoms in total. The third-order valence-corrected chi connectivity index (χ3v) is 2.02. The Hall–Kier alpha value is -0.790. The summed E-state index contributed by atoms with van der Waals surface area (Å²) in [6.07, 6.45) is 7.20. The van der Waals surface area contributed by atoms with E-state index in [1.54, 1.807) is 0 Å². The van der Waals surface area contributed by atoms with Crippen LogP contribution in [0.15, 0.2) is 11.6 Å². The number of unbranched alkanes of at least 4 members (excludes halogenated alkanes) is 2. The van der Waals surface area contributed by atoms with E-state index >= 15 is 0 Å². The Morgan fingerprint density at radius 1 is 1.38 bits per heavy atom. The first-order valence-corrected chi connectivity index (χ1v) is 4.93. The molecule has 13 heavy (non-hydrogen) atoms. The molecule has 0 unspecified atom stereocenters. The molecule has 0 saturated carbocycles. The van der Waals surface area contributed by atoms with Crippen LogP contribution in [0.25, 0.3) is 0 Å². The molecule has 76 valence electrons. The Labute approximate surface area is 81.0 Å². The smallest absolute Gasteiger partial charge is 0.309 e. The van der Waals surface area contributed by atoms with Crippen molar-refractivity contribution in [3.63, 3.8) is 0 Å². The molecule has 0 aromatic carbocycles. The predicted octanol–water partition coefficient (Wildman–Crippen LogP) is 3.08. The number of hydrogen-bond acceptors (Lipinski definition) is 2. The highest BCUT2D eigenvalue weighted by molar-refractivity contribution is 5.71. The minimum Gasteiger partial charge on any atom is -0.469 e. The molecule has 0 saturated heterocycles. The molecule has 0 fully saturated rings. The fourth-order valence-corrected chi connectivity index (χ4v) is 1.10. The lowest BCUT2D eigenvalue weighted by Gasteiger charge is -2.00. The van der Waals surface area contributed by atoms with E-state index in [0.717, 1.165) is 6.42 Å². The average Bonchev–Trinajstić information content (AvgIpc) is 2.14. The number of ether oxygens (including phenoxy) is 1. The highest BCUT2D eigenvalue weighted by Gasteiger charge is 1.96. The van der Waals surface area contributed by atoms with Gasteiger partial charge in [0, 0.05) is 0 Å². The summed E-state index contributed by atoms with van der Waals surface area (Å²) >= 11 is 0. The van der Waals surface area contributed by atoms with Gasteiger partial charge in [-0.3, -0.25) is 4.79 Å². The second kappa shape index (κ2) is 7.84. The zero-order valence-corrected chi connectivity index (χ0v) is 8.93. The van der Waals surface area contributed by atoms with Crippen LogP contribution in [0.2, 0.25) is 0 Å². The molecule has 0 N–H and O–H groups in total. The lowest BCUT2D eigenvalue weighted by molar-refractivity contribution is -0.139. The van der Waals surface area contributed by atoms with Gasteiger partial charge >= 0.3 is 5.97 Å². The molecule has 0 bridgehead atoms. The van der Waals surface area contributed by atoms with Crippen LogP contribution >= 0.6 is 0 Å². The molecule has 0 aromatic heterocycles. The second-order valence-corrected chi connectivity index (χ2v) is 3.29. The monoisotopic (exact) mass is 184 g/mol. The van der Waals surface area contributed by atoms with Gasteiger partial charge in [-0.25, -0.2) is 0 Å². The van der Waals surface area contributed by atoms with E-state index in [0.29, 0.717) is 6.42 Å². The Balaban J connectivity index is 3.56. The highest BCUT2D eigenvalue weighted by Crippen LogP contribution is 2.08. The molecular weight excluding hydrogens is 164 g/mol. The van der Waals surface area contributed by atoms with Crippen molar-refractivity contribution in [2.24, 2.45) is 0 Å². The Morgan fingerprint density at radius 2 is 2.08 bits per heavy atom. The van der Waals surface area contributed by atoms with Crippen LogP contribution < -0.4 is 0 Å². The lowest BCUT2D eigenvalue weighted by Crippen LogP contribution is -1.97. The first-order valence-electron chi connectivity index (χ1n) is 4.93. The highest BCUT2D eigenvalue weighted by atomic mass is 16.5. The fourth-order valence-electron chi connectivity index (χ4n) is 1.10. The maximum absolute atomic E-state index is 10.8. The van der Waals surface area contributed by atoms with Crippen LogP contribution in [0.1, 0.15) is 46.0 Å². The molecule has 2 heteroatoms. The number of hydrogen-bond donors (Lipinski definition) is 0. The van der Waals surface area contributed by atoms with Crippen LogP contribution in [-0.4, -0.2) is 13.1 Å². The molecule has 0 spiro atoms. The minimum atomic E-state index is -0.158. The molecule has 0 atom stereocenters. The number of esters is 1. The van der Waals surface area contributed by atoms with Crippen LogP contribution in [0.5, 0.6) is 0 Å². The van der Waals surface area contributed by atoms with Gasteiger partial charge in [-0.2, -0.15) is 0 Å². The quantitative estimate of drug-likeness (QED) is 0.360. The third kappa shape index (κ3) is 7.57. The normalized spacial score (nSPS) is 11.5. The summed E-state index contributed by atoms with van der Waals surface area (Å²) < 4.78 is 4.54. The van der Waals surface area contributed by atoms with Gasteiger partial charge in [0.25, 0.3) is 0 Å². The number of carbonyl (C=O) groups excluding carboxylic acids is 1. The van der Waals surface area contributed by atoms with Gasteiger partial charge in [0.15, 0.2) is 0 Å². The minimum absolute atomic E-state index is 0.158. The molecule has 0 radical (unpaired) electrons. The second-order valence-electron chi connectivity index (χ2n) is 3.29. The summed E-state index contributed by atoms with van der Waals surface area (Å²) in [5.41, 5.74) is 1.29. The SMILES string of the molecule is CCCCC/C(C)=C/CC(=O)OC. The maximum Gasteiger partial charge on any atom is 0.309 e. The molecular formula is C11H20O2. The topological polar surface area (TPSA) is 26.3 Å². The van der Waals surface area contributed by atoms with Crippen LogP contribution in [0, 0.1) is 0 Å². The van der Waals surface area contributed by atoms with Crippen molar-refractivity contribution in [2.75, 3.05) is 7.11 Å². The largest absolute Gasteiger partial charge is 0.469 e.